The van der Waals surface area contributed by atoms with Crippen molar-refractivity contribution in [2.45, 2.75) is 33.7 Å². The number of Topliss-reactive ketones (excluding diaryl/α,β-unsaturated/α-hetero) is 1. The average molecular weight is 198 g/mol. The first kappa shape index (κ1) is 10.2. The van der Waals surface area contributed by atoms with Gasteiger partial charge in [0.1, 0.15) is 0 Å². The Morgan fingerprint density at radius 3 is 2.54 bits per heavy atom. The van der Waals surface area contributed by atoms with E-state index in [0.29, 0.717) is 0 Å². The lowest BCUT2D eigenvalue weighted by molar-refractivity contribution is -0.117. The molecule has 0 aliphatic carbocycles. The van der Waals surface area contributed by atoms with Gasteiger partial charge in [-0.15, -0.1) is 11.3 Å². The second-order valence-corrected chi connectivity index (χ2v) is 4.34. The van der Waals surface area contributed by atoms with Gasteiger partial charge in [0.15, 0.2) is 10.9 Å². The number of nitrogens with zero attached hydrogens (tertiary/aromatic N) is 1. The molecule has 1 N–H and O–H groups in total. The lowest BCUT2D eigenvalue weighted by atomic mass is 10.2. The zero-order chi connectivity index (χ0) is 10.0. The largest absolute Gasteiger partial charge is 0.352 e. The highest BCUT2D eigenvalue weighted by Crippen LogP contribution is 2.21. The number of ketones is 1. The zero-order valence-electron chi connectivity index (χ0n) is 8.34. The van der Waals surface area contributed by atoms with Crippen LogP contribution in [0, 0.1) is 13.8 Å². The molecule has 13 heavy (non-hydrogen) atoms. The summed E-state index contributed by atoms with van der Waals surface area (Å²) in [5.74, 6) is 0.130. The molecule has 0 radical (unpaired) electrons. The number of aromatic nitrogens is 1. The summed E-state index contributed by atoms with van der Waals surface area (Å²) in [6.45, 7) is 7.41. The Morgan fingerprint density at radius 2 is 2.15 bits per heavy atom. The van der Waals surface area contributed by atoms with E-state index in [-0.39, 0.29) is 11.8 Å². The maximum absolute atomic E-state index is 11.0. The van der Waals surface area contributed by atoms with Crippen LogP contribution in [0.15, 0.2) is 0 Å². The molecule has 0 aromatic carbocycles. The second-order valence-electron chi connectivity index (χ2n) is 3.14. The fourth-order valence-electron chi connectivity index (χ4n) is 0.821. The van der Waals surface area contributed by atoms with Crippen molar-refractivity contribution < 1.29 is 4.79 Å². The average Bonchev–Trinajstić information content (AvgIpc) is 2.31. The summed E-state index contributed by atoms with van der Waals surface area (Å²) in [6.07, 6.45) is 0. The van der Waals surface area contributed by atoms with Crippen LogP contribution in [0.5, 0.6) is 0 Å². The van der Waals surface area contributed by atoms with E-state index in [2.05, 4.69) is 10.3 Å². The molecule has 4 heteroatoms. The van der Waals surface area contributed by atoms with E-state index in [9.17, 15) is 4.79 Å². The molecule has 0 amide bonds. The summed E-state index contributed by atoms with van der Waals surface area (Å²) < 4.78 is 0. The van der Waals surface area contributed by atoms with E-state index in [1.54, 1.807) is 18.3 Å². The van der Waals surface area contributed by atoms with Gasteiger partial charge in [-0.05, 0) is 27.7 Å². The number of carbonyl (C=O) groups excluding carboxylic acids is 1. The first-order valence-electron chi connectivity index (χ1n) is 4.21. The van der Waals surface area contributed by atoms with Crippen molar-refractivity contribution in [3.8, 4) is 0 Å². The van der Waals surface area contributed by atoms with Gasteiger partial charge in [-0.2, -0.15) is 0 Å². The monoisotopic (exact) mass is 198 g/mol. The summed E-state index contributed by atoms with van der Waals surface area (Å²) in [5, 5.41) is 3.89. The van der Waals surface area contributed by atoms with E-state index >= 15 is 0 Å². The molecule has 72 valence electrons. The quantitative estimate of drug-likeness (QED) is 0.809. The number of anilines is 1. The smallest absolute Gasteiger partial charge is 0.183 e. The number of rotatable bonds is 3. The molecular weight excluding hydrogens is 184 g/mol. The van der Waals surface area contributed by atoms with Crippen molar-refractivity contribution in [3.63, 3.8) is 0 Å². The molecule has 1 atom stereocenters. The summed E-state index contributed by atoms with van der Waals surface area (Å²) in [5.41, 5.74) is 1.03. The van der Waals surface area contributed by atoms with Gasteiger partial charge in [0.25, 0.3) is 0 Å². The molecule has 1 unspecified atom stereocenters. The van der Waals surface area contributed by atoms with Crippen LogP contribution >= 0.6 is 11.3 Å². The molecular formula is C9H14N2OS. The molecule has 1 aromatic heterocycles. The second kappa shape index (κ2) is 3.87. The third-order valence-corrected chi connectivity index (χ3v) is 2.98. The number of thiazole rings is 1. The van der Waals surface area contributed by atoms with Gasteiger partial charge < -0.3 is 5.32 Å². The molecule has 0 aliphatic heterocycles. The van der Waals surface area contributed by atoms with E-state index < -0.39 is 0 Å². The van der Waals surface area contributed by atoms with Gasteiger partial charge in [-0.3, -0.25) is 4.79 Å². The van der Waals surface area contributed by atoms with Gasteiger partial charge in [-0.25, -0.2) is 4.98 Å². The Bertz CT molecular complexity index is 300. The number of aryl methyl sites for hydroxylation is 2. The normalized spacial score (nSPS) is 12.6. The summed E-state index contributed by atoms with van der Waals surface area (Å²) >= 11 is 1.59. The molecule has 0 spiro atoms. The van der Waals surface area contributed by atoms with Crippen LogP contribution in [0.25, 0.3) is 0 Å². The lowest BCUT2D eigenvalue weighted by Crippen LogP contribution is -2.23. The molecule has 0 aliphatic rings. The van der Waals surface area contributed by atoms with Crippen molar-refractivity contribution in [2.24, 2.45) is 0 Å². The predicted molar refractivity (Wildman–Crippen MR) is 55.4 cm³/mol. The minimum absolute atomic E-state index is 0.130. The highest BCUT2D eigenvalue weighted by molar-refractivity contribution is 7.15. The minimum atomic E-state index is -0.148. The van der Waals surface area contributed by atoms with E-state index in [4.69, 9.17) is 0 Å². The van der Waals surface area contributed by atoms with Crippen molar-refractivity contribution in [3.05, 3.63) is 10.6 Å². The van der Waals surface area contributed by atoms with Crippen LogP contribution in [-0.2, 0) is 4.79 Å². The van der Waals surface area contributed by atoms with E-state index in [1.807, 2.05) is 20.8 Å². The van der Waals surface area contributed by atoms with Gasteiger partial charge in [0.2, 0.25) is 0 Å². The van der Waals surface area contributed by atoms with Gasteiger partial charge in [-0.1, -0.05) is 0 Å². The maximum atomic E-state index is 11.0. The van der Waals surface area contributed by atoms with Crippen LogP contribution < -0.4 is 5.32 Å². The summed E-state index contributed by atoms with van der Waals surface area (Å²) in [6, 6.07) is -0.148. The zero-order valence-corrected chi connectivity index (χ0v) is 9.16. The third kappa shape index (κ3) is 2.52. The molecule has 1 aromatic rings. The summed E-state index contributed by atoms with van der Waals surface area (Å²) in [4.78, 5) is 16.4. The highest BCUT2D eigenvalue weighted by Gasteiger charge is 2.10. The molecule has 0 saturated heterocycles. The van der Waals surface area contributed by atoms with Crippen LogP contribution in [0.3, 0.4) is 0 Å². The van der Waals surface area contributed by atoms with Crippen LogP contribution in [0.1, 0.15) is 24.4 Å². The molecule has 1 rings (SSSR count). The van der Waals surface area contributed by atoms with Gasteiger partial charge >= 0.3 is 0 Å². The lowest BCUT2D eigenvalue weighted by Gasteiger charge is -2.07. The fraction of sp³-hybridized carbons (Fsp3) is 0.556. The number of hydrogen-bond acceptors (Lipinski definition) is 4. The number of nitrogens with one attached hydrogen (secondary N) is 1. The molecule has 1 heterocycles. The molecule has 3 nitrogen and oxygen atoms in total. The van der Waals surface area contributed by atoms with Crippen molar-refractivity contribution in [1.82, 2.24) is 4.98 Å². The maximum Gasteiger partial charge on any atom is 0.183 e. The van der Waals surface area contributed by atoms with E-state index in [1.165, 1.54) is 4.88 Å². The summed E-state index contributed by atoms with van der Waals surface area (Å²) in [7, 11) is 0. The van der Waals surface area contributed by atoms with Crippen LogP contribution in [0.4, 0.5) is 5.13 Å². The Hall–Kier alpha value is -0.900. The molecule has 0 bridgehead atoms. The molecule has 0 fully saturated rings. The SMILES string of the molecule is CC(=O)C(C)Nc1nc(C)c(C)s1. The first-order chi connectivity index (χ1) is 6.00. The minimum Gasteiger partial charge on any atom is -0.352 e. The van der Waals surface area contributed by atoms with Crippen LogP contribution in [-0.4, -0.2) is 16.8 Å². The van der Waals surface area contributed by atoms with Crippen molar-refractivity contribution in [2.75, 3.05) is 5.32 Å². The highest BCUT2D eigenvalue weighted by atomic mass is 32.1. The van der Waals surface area contributed by atoms with Gasteiger partial charge in [0.05, 0.1) is 11.7 Å². The Morgan fingerprint density at radius 1 is 1.54 bits per heavy atom. The van der Waals surface area contributed by atoms with Gasteiger partial charge in [0, 0.05) is 4.88 Å². The Labute approximate surface area is 82.2 Å². The number of hydrogen-bond donors (Lipinski definition) is 1. The van der Waals surface area contributed by atoms with Crippen molar-refractivity contribution in [1.29, 1.82) is 0 Å². The predicted octanol–water partition coefficient (Wildman–Crippen LogP) is 2.15. The topological polar surface area (TPSA) is 42.0 Å². The van der Waals surface area contributed by atoms with Crippen LogP contribution in [0.2, 0.25) is 0 Å². The van der Waals surface area contributed by atoms with E-state index in [0.717, 1.165) is 10.8 Å². The fourth-order valence-corrected chi connectivity index (χ4v) is 1.72. The standard InChI is InChI=1S/C9H14N2OS/c1-5(7(3)12)10-9-11-6(2)8(4)13-9/h5H,1-4H3,(H,10,11). The number of carbonyl (C=O) groups is 1. The Balaban J connectivity index is 2.69. The third-order valence-electron chi connectivity index (χ3n) is 1.98. The molecule has 0 saturated carbocycles. The van der Waals surface area contributed by atoms with Crippen molar-refractivity contribution >= 4 is 22.3 Å². The Kier molecular flexibility index (Phi) is 3.03. The first-order valence-corrected chi connectivity index (χ1v) is 5.03.